The number of para-hydroxylation sites is 2. The van der Waals surface area contributed by atoms with Gasteiger partial charge in [0.15, 0.2) is 5.16 Å². The van der Waals surface area contributed by atoms with Crippen LogP contribution < -0.4 is 10.1 Å². The van der Waals surface area contributed by atoms with Gasteiger partial charge in [0.1, 0.15) is 12.1 Å². The Balaban J connectivity index is 1.42. The molecule has 138 valence electrons. The SMILES string of the molecule is Cc1ccccc1-n1cnnc1SCC(=O)NC1CCOc2ccccc21. The summed E-state index contributed by atoms with van der Waals surface area (Å²) in [5.74, 6) is 1.10. The van der Waals surface area contributed by atoms with Gasteiger partial charge in [0.25, 0.3) is 0 Å². The number of rotatable bonds is 5. The largest absolute Gasteiger partial charge is 0.493 e. The van der Waals surface area contributed by atoms with Gasteiger partial charge >= 0.3 is 0 Å². The monoisotopic (exact) mass is 380 g/mol. The van der Waals surface area contributed by atoms with E-state index in [4.69, 9.17) is 4.74 Å². The van der Waals surface area contributed by atoms with Crippen molar-refractivity contribution < 1.29 is 9.53 Å². The Bertz CT molecular complexity index is 956. The third-order valence-corrected chi connectivity index (χ3v) is 5.46. The van der Waals surface area contributed by atoms with E-state index in [9.17, 15) is 4.79 Å². The number of nitrogens with one attached hydrogen (secondary N) is 1. The van der Waals surface area contributed by atoms with Crippen LogP contribution in [0.15, 0.2) is 60.0 Å². The summed E-state index contributed by atoms with van der Waals surface area (Å²) >= 11 is 1.38. The number of fused-ring (bicyclic) bond motifs is 1. The van der Waals surface area contributed by atoms with Crippen LogP contribution in [-0.4, -0.2) is 33.0 Å². The lowest BCUT2D eigenvalue weighted by molar-refractivity contribution is -0.119. The molecule has 0 aliphatic carbocycles. The van der Waals surface area contributed by atoms with Crippen molar-refractivity contribution in [2.24, 2.45) is 0 Å². The van der Waals surface area contributed by atoms with E-state index in [1.807, 2.05) is 60.0 Å². The second kappa shape index (κ2) is 7.84. The molecule has 1 N–H and O–H groups in total. The first kappa shape index (κ1) is 17.6. The molecule has 0 spiro atoms. The summed E-state index contributed by atoms with van der Waals surface area (Å²) in [5, 5.41) is 12.0. The predicted molar refractivity (Wildman–Crippen MR) is 104 cm³/mol. The van der Waals surface area contributed by atoms with Crippen molar-refractivity contribution >= 4 is 17.7 Å². The molecular weight excluding hydrogens is 360 g/mol. The smallest absolute Gasteiger partial charge is 0.230 e. The molecule has 6 nitrogen and oxygen atoms in total. The molecule has 1 atom stereocenters. The van der Waals surface area contributed by atoms with Gasteiger partial charge in [-0.05, 0) is 24.6 Å². The van der Waals surface area contributed by atoms with Crippen LogP contribution in [0, 0.1) is 6.92 Å². The average molecular weight is 380 g/mol. The second-order valence-corrected chi connectivity index (χ2v) is 7.30. The van der Waals surface area contributed by atoms with Crippen LogP contribution in [-0.2, 0) is 4.79 Å². The summed E-state index contributed by atoms with van der Waals surface area (Å²) in [7, 11) is 0. The van der Waals surface area contributed by atoms with Crippen molar-refractivity contribution in [3.05, 3.63) is 66.0 Å². The molecule has 0 radical (unpaired) electrons. The maximum absolute atomic E-state index is 12.5. The molecule has 1 amide bonds. The lowest BCUT2D eigenvalue weighted by Crippen LogP contribution is -2.33. The van der Waals surface area contributed by atoms with Gasteiger partial charge in [-0.1, -0.05) is 48.2 Å². The van der Waals surface area contributed by atoms with E-state index in [2.05, 4.69) is 15.5 Å². The zero-order chi connectivity index (χ0) is 18.6. The Morgan fingerprint density at radius 2 is 2.07 bits per heavy atom. The third kappa shape index (κ3) is 3.83. The van der Waals surface area contributed by atoms with Gasteiger partial charge in [0.05, 0.1) is 24.1 Å². The van der Waals surface area contributed by atoms with Crippen molar-refractivity contribution in [2.45, 2.75) is 24.5 Å². The summed E-state index contributed by atoms with van der Waals surface area (Å²) in [6.07, 6.45) is 2.45. The molecule has 2 heterocycles. The number of hydrogen-bond acceptors (Lipinski definition) is 5. The summed E-state index contributed by atoms with van der Waals surface area (Å²) in [5.41, 5.74) is 3.18. The molecular formula is C20H20N4O2S. The highest BCUT2D eigenvalue weighted by Crippen LogP contribution is 2.31. The van der Waals surface area contributed by atoms with Gasteiger partial charge < -0.3 is 10.1 Å². The number of carbonyl (C=O) groups excluding carboxylic acids is 1. The molecule has 7 heteroatoms. The van der Waals surface area contributed by atoms with Crippen molar-refractivity contribution in [3.8, 4) is 11.4 Å². The Hall–Kier alpha value is -2.80. The van der Waals surface area contributed by atoms with Gasteiger partial charge in [-0.3, -0.25) is 9.36 Å². The molecule has 0 fully saturated rings. The Labute approximate surface area is 162 Å². The van der Waals surface area contributed by atoms with E-state index in [1.165, 1.54) is 11.8 Å². The molecule has 27 heavy (non-hydrogen) atoms. The van der Waals surface area contributed by atoms with E-state index in [0.717, 1.165) is 29.0 Å². The summed E-state index contributed by atoms with van der Waals surface area (Å²) in [6.45, 7) is 2.65. The number of aromatic nitrogens is 3. The van der Waals surface area contributed by atoms with E-state index >= 15 is 0 Å². The molecule has 0 saturated heterocycles. The molecule has 1 aliphatic heterocycles. The highest BCUT2D eigenvalue weighted by molar-refractivity contribution is 7.99. The number of thioether (sulfide) groups is 1. The van der Waals surface area contributed by atoms with Crippen LogP contribution in [0.1, 0.15) is 23.6 Å². The second-order valence-electron chi connectivity index (χ2n) is 6.35. The quantitative estimate of drug-likeness (QED) is 0.688. The molecule has 1 unspecified atom stereocenters. The standard InChI is InChI=1S/C20H20N4O2S/c1-14-6-2-4-8-17(14)24-13-21-23-20(24)27-12-19(25)22-16-10-11-26-18-9-5-3-7-15(16)18/h2-9,13,16H,10-12H2,1H3,(H,22,25). The summed E-state index contributed by atoms with van der Waals surface area (Å²) in [6, 6.07) is 15.9. The molecule has 1 aromatic heterocycles. The minimum atomic E-state index is -0.0268. The summed E-state index contributed by atoms with van der Waals surface area (Å²) in [4.78, 5) is 12.5. The van der Waals surface area contributed by atoms with Gasteiger partial charge in [-0.25, -0.2) is 0 Å². The predicted octanol–water partition coefficient (Wildman–Crippen LogP) is 3.31. The average Bonchev–Trinajstić information content (AvgIpc) is 3.15. The fourth-order valence-electron chi connectivity index (χ4n) is 3.18. The van der Waals surface area contributed by atoms with E-state index in [-0.39, 0.29) is 17.7 Å². The van der Waals surface area contributed by atoms with Crippen molar-refractivity contribution in [2.75, 3.05) is 12.4 Å². The minimum Gasteiger partial charge on any atom is -0.493 e. The molecule has 2 aromatic carbocycles. The van der Waals surface area contributed by atoms with Crippen LogP contribution in [0.3, 0.4) is 0 Å². The topological polar surface area (TPSA) is 69.0 Å². The van der Waals surface area contributed by atoms with Crippen molar-refractivity contribution in [1.82, 2.24) is 20.1 Å². The number of aryl methyl sites for hydroxylation is 1. The maximum atomic E-state index is 12.5. The zero-order valence-electron chi connectivity index (χ0n) is 15.0. The maximum Gasteiger partial charge on any atom is 0.230 e. The number of benzene rings is 2. The number of ether oxygens (including phenoxy) is 1. The van der Waals surface area contributed by atoms with Crippen LogP contribution >= 0.6 is 11.8 Å². The van der Waals surface area contributed by atoms with Crippen LogP contribution in [0.25, 0.3) is 5.69 Å². The first-order chi connectivity index (χ1) is 13.2. The fraction of sp³-hybridized carbons (Fsp3) is 0.250. The molecule has 0 saturated carbocycles. The Morgan fingerprint density at radius 1 is 1.26 bits per heavy atom. The Morgan fingerprint density at radius 3 is 2.96 bits per heavy atom. The number of carbonyl (C=O) groups is 1. The zero-order valence-corrected chi connectivity index (χ0v) is 15.8. The third-order valence-electron chi connectivity index (χ3n) is 4.52. The van der Waals surface area contributed by atoms with Crippen LogP contribution in [0.2, 0.25) is 0 Å². The highest BCUT2D eigenvalue weighted by atomic mass is 32.2. The van der Waals surface area contributed by atoms with Crippen molar-refractivity contribution in [3.63, 3.8) is 0 Å². The first-order valence-corrected chi connectivity index (χ1v) is 9.81. The Kier molecular flexibility index (Phi) is 5.11. The van der Waals surface area contributed by atoms with Gasteiger partial charge in [0, 0.05) is 12.0 Å². The summed E-state index contributed by atoms with van der Waals surface area (Å²) < 4.78 is 7.57. The molecule has 0 bridgehead atoms. The number of nitrogens with zero attached hydrogens (tertiary/aromatic N) is 3. The van der Waals surface area contributed by atoms with Gasteiger partial charge in [0.2, 0.25) is 5.91 Å². The highest BCUT2D eigenvalue weighted by Gasteiger charge is 2.22. The van der Waals surface area contributed by atoms with Crippen LogP contribution in [0.5, 0.6) is 5.75 Å². The fourth-order valence-corrected chi connectivity index (χ4v) is 3.91. The van der Waals surface area contributed by atoms with E-state index < -0.39 is 0 Å². The number of amides is 1. The normalized spacial score (nSPS) is 15.7. The van der Waals surface area contributed by atoms with Crippen molar-refractivity contribution in [1.29, 1.82) is 0 Å². The van der Waals surface area contributed by atoms with E-state index in [0.29, 0.717) is 11.8 Å². The number of hydrogen-bond donors (Lipinski definition) is 1. The molecule has 4 rings (SSSR count). The molecule has 3 aromatic rings. The van der Waals surface area contributed by atoms with Gasteiger partial charge in [-0.15, -0.1) is 10.2 Å². The minimum absolute atomic E-state index is 0.0164. The first-order valence-electron chi connectivity index (χ1n) is 8.82. The van der Waals surface area contributed by atoms with Gasteiger partial charge in [-0.2, -0.15) is 0 Å². The molecule has 1 aliphatic rings. The van der Waals surface area contributed by atoms with E-state index in [1.54, 1.807) is 6.33 Å². The van der Waals surface area contributed by atoms with Crippen LogP contribution in [0.4, 0.5) is 0 Å². The lowest BCUT2D eigenvalue weighted by atomic mass is 10.0. The lowest BCUT2D eigenvalue weighted by Gasteiger charge is -2.26.